The molecule has 0 aliphatic heterocycles. The molecule has 0 spiro atoms. The zero-order valence-corrected chi connectivity index (χ0v) is 8.62. The third kappa shape index (κ3) is 24.6. The Morgan fingerprint density at radius 1 is 1.46 bits per heavy atom. The van der Waals surface area contributed by atoms with Crippen molar-refractivity contribution in [2.75, 3.05) is 6.61 Å². The lowest BCUT2D eigenvalue weighted by molar-refractivity contribution is -0.300. The monoisotopic (exact) mass is 189 g/mol. The van der Waals surface area contributed by atoms with E-state index in [2.05, 4.69) is 13.5 Å². The number of hydrogen-bond donors (Lipinski definition) is 2. The van der Waals surface area contributed by atoms with Crippen LogP contribution in [0.15, 0.2) is 12.3 Å². The van der Waals surface area contributed by atoms with Crippen LogP contribution in [-0.2, 0) is 0 Å². The van der Waals surface area contributed by atoms with Gasteiger partial charge in [0.15, 0.2) is 0 Å². The molecule has 1 unspecified atom stereocenters. The minimum Gasteiger partial charge on any atom is -0.876 e. The number of aliphatic hydroxyl groups excluding tert-OH is 2. The first-order valence-electron chi connectivity index (χ1n) is 4.66. The first-order valence-corrected chi connectivity index (χ1v) is 4.66. The summed E-state index contributed by atoms with van der Waals surface area (Å²) in [5.74, 6) is -0.0833. The van der Waals surface area contributed by atoms with Crippen LogP contribution in [0.5, 0.6) is 0 Å². The maximum atomic E-state index is 9.33. The molecule has 0 aromatic rings. The van der Waals surface area contributed by atoms with Crippen LogP contribution in [0.2, 0.25) is 0 Å². The molecule has 0 rings (SSSR count). The van der Waals surface area contributed by atoms with E-state index in [-0.39, 0.29) is 12.4 Å². The lowest BCUT2D eigenvalue weighted by atomic mass is 10.1. The molecule has 0 radical (unpaired) electrons. The van der Waals surface area contributed by atoms with Crippen molar-refractivity contribution in [3.63, 3.8) is 0 Å². The van der Waals surface area contributed by atoms with Crippen molar-refractivity contribution in [1.82, 2.24) is 0 Å². The van der Waals surface area contributed by atoms with Gasteiger partial charge in [-0.25, -0.2) is 0 Å². The van der Waals surface area contributed by atoms with E-state index in [1.165, 1.54) is 6.92 Å². The molecular formula is C10H21O3-. The summed E-state index contributed by atoms with van der Waals surface area (Å²) in [5.41, 5.74) is 0. The van der Waals surface area contributed by atoms with Gasteiger partial charge in [0, 0.05) is 0 Å². The molecule has 0 saturated heterocycles. The molecule has 0 saturated carbocycles. The highest BCUT2D eigenvalue weighted by Crippen LogP contribution is 2.01. The Morgan fingerprint density at radius 3 is 2.23 bits per heavy atom. The van der Waals surface area contributed by atoms with E-state index in [0.29, 0.717) is 0 Å². The molecule has 3 heteroatoms. The molecule has 0 aliphatic carbocycles. The first kappa shape index (κ1) is 15.0. The van der Waals surface area contributed by atoms with Crippen LogP contribution in [0.4, 0.5) is 0 Å². The number of rotatable bonds is 5. The second-order valence-corrected chi connectivity index (χ2v) is 3.03. The SMILES string of the molecule is C=C(C)[O-].CCCCCC(O)CO. The van der Waals surface area contributed by atoms with Crippen LogP contribution in [-0.4, -0.2) is 22.9 Å². The molecule has 80 valence electrons. The maximum Gasteiger partial charge on any atom is 0.0770 e. The topological polar surface area (TPSA) is 63.5 Å². The van der Waals surface area contributed by atoms with Gasteiger partial charge in [-0.15, -0.1) is 12.3 Å². The van der Waals surface area contributed by atoms with E-state index in [0.717, 1.165) is 25.7 Å². The summed E-state index contributed by atoms with van der Waals surface area (Å²) in [6, 6.07) is 0. The van der Waals surface area contributed by atoms with Gasteiger partial charge < -0.3 is 15.3 Å². The van der Waals surface area contributed by atoms with Crippen LogP contribution in [0, 0.1) is 0 Å². The van der Waals surface area contributed by atoms with Crippen molar-refractivity contribution < 1.29 is 15.3 Å². The minimum atomic E-state index is -0.489. The molecule has 0 heterocycles. The third-order valence-corrected chi connectivity index (χ3v) is 1.35. The summed E-state index contributed by atoms with van der Waals surface area (Å²) in [7, 11) is 0. The van der Waals surface area contributed by atoms with Gasteiger partial charge in [-0.2, -0.15) is 0 Å². The molecule has 13 heavy (non-hydrogen) atoms. The van der Waals surface area contributed by atoms with Crippen LogP contribution in [0.3, 0.4) is 0 Å². The number of unbranched alkanes of at least 4 members (excludes halogenated alkanes) is 2. The molecule has 1 atom stereocenters. The molecular weight excluding hydrogens is 168 g/mol. The van der Waals surface area contributed by atoms with Gasteiger partial charge in [0.05, 0.1) is 12.7 Å². The molecule has 0 aliphatic rings. The zero-order valence-electron chi connectivity index (χ0n) is 8.62. The van der Waals surface area contributed by atoms with Crippen molar-refractivity contribution >= 4 is 0 Å². The van der Waals surface area contributed by atoms with Crippen LogP contribution in [0.1, 0.15) is 39.5 Å². The van der Waals surface area contributed by atoms with Crippen LogP contribution >= 0.6 is 0 Å². The highest BCUT2D eigenvalue weighted by molar-refractivity contribution is 4.64. The Labute approximate surface area is 80.7 Å². The third-order valence-electron chi connectivity index (χ3n) is 1.35. The van der Waals surface area contributed by atoms with E-state index in [1.807, 2.05) is 0 Å². The summed E-state index contributed by atoms with van der Waals surface area (Å²) in [4.78, 5) is 0. The molecule has 0 bridgehead atoms. The van der Waals surface area contributed by atoms with Gasteiger partial charge in [0.25, 0.3) is 0 Å². The maximum absolute atomic E-state index is 9.33. The molecule has 0 aromatic carbocycles. The number of hydrogen-bond acceptors (Lipinski definition) is 3. The summed E-state index contributed by atoms with van der Waals surface area (Å²) in [6.07, 6.45) is 3.59. The highest BCUT2D eigenvalue weighted by atomic mass is 16.3. The van der Waals surface area contributed by atoms with Gasteiger partial charge in [-0.05, 0) is 6.42 Å². The Balaban J connectivity index is 0. The summed E-state index contributed by atoms with van der Waals surface area (Å²) in [6.45, 7) is 6.44. The second-order valence-electron chi connectivity index (χ2n) is 3.03. The Bertz CT molecular complexity index is 109. The van der Waals surface area contributed by atoms with Gasteiger partial charge in [0.2, 0.25) is 0 Å². The highest BCUT2D eigenvalue weighted by Gasteiger charge is 1.98. The lowest BCUT2D eigenvalue weighted by Gasteiger charge is -2.04. The van der Waals surface area contributed by atoms with Gasteiger partial charge in [0.1, 0.15) is 0 Å². The molecule has 0 fully saturated rings. The smallest absolute Gasteiger partial charge is 0.0770 e. The second kappa shape index (κ2) is 11.5. The normalized spacial score (nSPS) is 11.4. The first-order chi connectivity index (χ1) is 6.04. The quantitative estimate of drug-likeness (QED) is 0.496. The van der Waals surface area contributed by atoms with Gasteiger partial charge in [-0.3, -0.25) is 0 Å². The minimum absolute atomic E-state index is 0.0833. The van der Waals surface area contributed by atoms with Gasteiger partial charge >= 0.3 is 0 Å². The predicted molar refractivity (Wildman–Crippen MR) is 52.0 cm³/mol. The van der Waals surface area contributed by atoms with Crippen LogP contribution in [0.25, 0.3) is 0 Å². The van der Waals surface area contributed by atoms with Crippen molar-refractivity contribution in [1.29, 1.82) is 0 Å². The molecule has 0 amide bonds. The van der Waals surface area contributed by atoms with E-state index >= 15 is 0 Å². The lowest BCUT2D eigenvalue weighted by Crippen LogP contribution is -2.10. The summed E-state index contributed by atoms with van der Waals surface area (Å²) in [5, 5.41) is 26.6. The van der Waals surface area contributed by atoms with E-state index in [1.54, 1.807) is 0 Å². The summed E-state index contributed by atoms with van der Waals surface area (Å²) >= 11 is 0. The van der Waals surface area contributed by atoms with Crippen molar-refractivity contribution in [2.24, 2.45) is 0 Å². The molecule has 3 nitrogen and oxygen atoms in total. The fourth-order valence-electron chi connectivity index (χ4n) is 0.721. The Hall–Kier alpha value is -0.540. The number of aliphatic hydroxyl groups is 2. The van der Waals surface area contributed by atoms with Crippen LogP contribution < -0.4 is 5.11 Å². The average molecular weight is 189 g/mol. The van der Waals surface area contributed by atoms with Gasteiger partial charge in [-0.1, -0.05) is 33.1 Å². The largest absolute Gasteiger partial charge is 0.876 e. The average Bonchev–Trinajstić information content (AvgIpc) is 2.03. The fourth-order valence-corrected chi connectivity index (χ4v) is 0.721. The van der Waals surface area contributed by atoms with Crippen molar-refractivity contribution in [3.8, 4) is 0 Å². The molecule has 2 N–H and O–H groups in total. The Kier molecular flexibility index (Phi) is 13.2. The van der Waals surface area contributed by atoms with E-state index in [4.69, 9.17) is 10.2 Å². The zero-order chi connectivity index (χ0) is 10.7. The Morgan fingerprint density at radius 2 is 1.92 bits per heavy atom. The van der Waals surface area contributed by atoms with E-state index < -0.39 is 6.10 Å². The predicted octanol–water partition coefficient (Wildman–Crippen LogP) is 0.800. The summed E-state index contributed by atoms with van der Waals surface area (Å²) < 4.78 is 0. The van der Waals surface area contributed by atoms with Crippen molar-refractivity contribution in [2.45, 2.75) is 45.6 Å². The number of allylic oxidation sites excluding steroid dienone is 1. The standard InChI is InChI=1S/C7H16O2.C3H6O/c1-2-3-4-5-7(9)6-8;1-3(2)4/h7-9H,2-6H2,1H3;4H,1H2,2H3/p-1. The van der Waals surface area contributed by atoms with E-state index in [9.17, 15) is 5.11 Å². The van der Waals surface area contributed by atoms with Crippen molar-refractivity contribution in [3.05, 3.63) is 12.3 Å². The molecule has 0 aromatic heterocycles. The fraction of sp³-hybridized carbons (Fsp3) is 0.800.